The number of likely N-dealkylation sites (N-methyl/N-ethyl adjacent to an activating group) is 1. The van der Waals surface area contributed by atoms with Crippen molar-refractivity contribution < 1.29 is 9.90 Å². The number of nitrogens with zero attached hydrogens (tertiary/aromatic N) is 3. The van der Waals surface area contributed by atoms with E-state index in [-0.39, 0.29) is 17.0 Å². The van der Waals surface area contributed by atoms with Gasteiger partial charge in [-0.15, -0.1) is 0 Å². The van der Waals surface area contributed by atoms with Gasteiger partial charge in [-0.05, 0) is 30.5 Å². The Bertz CT molecular complexity index is 946. The minimum atomic E-state index is -0.732. The lowest BCUT2D eigenvalue weighted by atomic mass is 9.76. The number of carbonyl (C=O) groups is 1. The molecular weight excluding hydrogens is 366 g/mol. The molecule has 1 amide bonds. The number of aromatic hydroxyl groups is 1. The van der Waals surface area contributed by atoms with Crippen molar-refractivity contribution in [2.45, 2.75) is 44.1 Å². The van der Waals surface area contributed by atoms with Gasteiger partial charge in [0, 0.05) is 37.0 Å². The van der Waals surface area contributed by atoms with Gasteiger partial charge in [0.15, 0.2) is 5.69 Å². The number of amides is 1. The first-order valence-corrected chi connectivity index (χ1v) is 9.63. The van der Waals surface area contributed by atoms with Crippen molar-refractivity contribution in [2.75, 3.05) is 13.6 Å². The van der Waals surface area contributed by atoms with E-state index in [1.54, 1.807) is 11.6 Å². The molecule has 1 N–H and O–H groups in total. The van der Waals surface area contributed by atoms with Crippen LogP contribution in [0.5, 0.6) is 5.75 Å². The van der Waals surface area contributed by atoms with Crippen LogP contribution in [-0.4, -0.2) is 39.1 Å². The summed E-state index contributed by atoms with van der Waals surface area (Å²) in [6.07, 6.45) is 4.77. The molecule has 7 heteroatoms. The largest absolute Gasteiger partial charge is 0.501 e. The first kappa shape index (κ1) is 18.0. The van der Waals surface area contributed by atoms with Crippen molar-refractivity contribution >= 4 is 17.5 Å². The molecule has 0 radical (unpaired) electrons. The van der Waals surface area contributed by atoms with Gasteiger partial charge in [0.1, 0.15) is 5.82 Å². The van der Waals surface area contributed by atoms with Gasteiger partial charge in [-0.1, -0.05) is 36.6 Å². The number of fused-ring (bicyclic) bond motifs is 1. The summed E-state index contributed by atoms with van der Waals surface area (Å²) < 4.78 is 1.73. The minimum Gasteiger partial charge on any atom is -0.501 e. The van der Waals surface area contributed by atoms with E-state index in [0.717, 1.165) is 25.7 Å². The molecule has 0 bridgehead atoms. The van der Waals surface area contributed by atoms with Crippen LogP contribution in [0.1, 0.15) is 47.6 Å². The Labute approximate surface area is 162 Å². The topological polar surface area (TPSA) is 75.4 Å². The number of hydrogen-bond acceptors (Lipinski definition) is 4. The summed E-state index contributed by atoms with van der Waals surface area (Å²) >= 11 is 6.06. The Morgan fingerprint density at radius 1 is 1.15 bits per heavy atom. The third kappa shape index (κ3) is 3.02. The molecule has 0 unspecified atom stereocenters. The number of carbonyl (C=O) groups excluding carboxylic acids is 1. The van der Waals surface area contributed by atoms with Crippen LogP contribution in [-0.2, 0) is 18.4 Å². The van der Waals surface area contributed by atoms with Gasteiger partial charge in [-0.3, -0.25) is 9.59 Å². The third-order valence-electron chi connectivity index (χ3n) is 5.96. The first-order valence-electron chi connectivity index (χ1n) is 9.25. The molecule has 1 aromatic heterocycles. The lowest BCUT2D eigenvalue weighted by Crippen LogP contribution is -2.42. The Morgan fingerprint density at radius 3 is 2.48 bits per heavy atom. The molecule has 2 aromatic rings. The van der Waals surface area contributed by atoms with Crippen molar-refractivity contribution in [3.63, 3.8) is 0 Å². The fourth-order valence-corrected chi connectivity index (χ4v) is 4.56. The zero-order valence-electron chi connectivity index (χ0n) is 15.2. The second-order valence-corrected chi connectivity index (χ2v) is 8.02. The summed E-state index contributed by atoms with van der Waals surface area (Å²) in [6, 6.07) is 7.87. The van der Waals surface area contributed by atoms with Crippen LogP contribution in [0.25, 0.3) is 0 Å². The smallest absolute Gasteiger partial charge is 0.315 e. The molecule has 0 atom stereocenters. The number of halogens is 1. The molecule has 0 spiro atoms. The highest BCUT2D eigenvalue weighted by atomic mass is 35.5. The maximum absolute atomic E-state index is 12.5. The Hall–Kier alpha value is -2.34. The maximum Gasteiger partial charge on any atom is 0.315 e. The van der Waals surface area contributed by atoms with Crippen molar-refractivity contribution in [3.05, 3.63) is 56.7 Å². The molecule has 2 aliphatic rings. The van der Waals surface area contributed by atoms with Gasteiger partial charge >= 0.3 is 5.56 Å². The molecule has 1 aliphatic heterocycles. The van der Waals surface area contributed by atoms with E-state index in [4.69, 9.17) is 11.6 Å². The molecule has 142 valence electrons. The zero-order valence-corrected chi connectivity index (χ0v) is 16.0. The second kappa shape index (κ2) is 6.68. The summed E-state index contributed by atoms with van der Waals surface area (Å²) in [6.45, 7) is 1.04. The van der Waals surface area contributed by atoms with Crippen LogP contribution in [0.15, 0.2) is 29.1 Å². The monoisotopic (exact) mass is 387 g/mol. The van der Waals surface area contributed by atoms with Gasteiger partial charge in [0.25, 0.3) is 5.91 Å². The van der Waals surface area contributed by atoms with E-state index in [9.17, 15) is 14.7 Å². The van der Waals surface area contributed by atoms with E-state index in [0.29, 0.717) is 30.4 Å². The van der Waals surface area contributed by atoms with Crippen molar-refractivity contribution in [2.24, 2.45) is 0 Å². The lowest BCUT2D eigenvalue weighted by molar-refractivity contribution is 0.0737. The third-order valence-corrected chi connectivity index (χ3v) is 6.21. The van der Waals surface area contributed by atoms with Gasteiger partial charge in [0.05, 0.1) is 0 Å². The molecule has 1 aromatic carbocycles. The predicted molar refractivity (Wildman–Crippen MR) is 102 cm³/mol. The Morgan fingerprint density at radius 2 is 1.81 bits per heavy atom. The van der Waals surface area contributed by atoms with Crippen LogP contribution in [0, 0.1) is 0 Å². The summed E-state index contributed by atoms with van der Waals surface area (Å²) in [5, 5.41) is 10.9. The maximum atomic E-state index is 12.5. The molecule has 1 aliphatic carbocycles. The first-order chi connectivity index (χ1) is 12.9. The van der Waals surface area contributed by atoms with E-state index in [1.165, 1.54) is 10.5 Å². The van der Waals surface area contributed by atoms with Crippen molar-refractivity contribution in [1.82, 2.24) is 14.5 Å². The minimum absolute atomic E-state index is 0.0583. The van der Waals surface area contributed by atoms with Crippen molar-refractivity contribution in [1.29, 1.82) is 0 Å². The fourth-order valence-electron chi connectivity index (χ4n) is 4.44. The van der Waals surface area contributed by atoms with Crippen LogP contribution >= 0.6 is 11.6 Å². The van der Waals surface area contributed by atoms with Gasteiger partial charge in [-0.2, -0.15) is 4.98 Å². The highest BCUT2D eigenvalue weighted by Gasteiger charge is 2.38. The number of aromatic nitrogens is 2. The van der Waals surface area contributed by atoms with Gasteiger partial charge in [-0.25, -0.2) is 0 Å². The predicted octanol–water partition coefficient (Wildman–Crippen LogP) is 2.74. The highest BCUT2D eigenvalue weighted by Crippen LogP contribution is 2.44. The van der Waals surface area contributed by atoms with Crippen molar-refractivity contribution in [3.8, 4) is 5.75 Å². The molecule has 2 heterocycles. The highest BCUT2D eigenvalue weighted by molar-refractivity contribution is 6.30. The summed E-state index contributed by atoms with van der Waals surface area (Å²) in [5.74, 6) is -0.320. The summed E-state index contributed by atoms with van der Waals surface area (Å²) in [5.41, 5.74) is 0.376. The SMILES string of the molecule is CN1CCn2c(CC3(c4ccc(Cl)cc4)CCCC3)nc(=O)c(O)c2C1=O. The molecule has 1 saturated carbocycles. The molecule has 27 heavy (non-hydrogen) atoms. The quantitative estimate of drug-likeness (QED) is 0.878. The van der Waals surface area contributed by atoms with Crippen LogP contribution in [0.3, 0.4) is 0 Å². The van der Waals surface area contributed by atoms with E-state index < -0.39 is 11.3 Å². The molecule has 0 saturated heterocycles. The molecule has 4 rings (SSSR count). The van der Waals surface area contributed by atoms with Crippen LogP contribution < -0.4 is 5.56 Å². The molecule has 1 fully saturated rings. The second-order valence-electron chi connectivity index (χ2n) is 7.58. The zero-order chi connectivity index (χ0) is 19.2. The number of hydrogen-bond donors (Lipinski definition) is 1. The van der Waals surface area contributed by atoms with E-state index >= 15 is 0 Å². The van der Waals surface area contributed by atoms with Gasteiger partial charge in [0.2, 0.25) is 5.75 Å². The standard InChI is InChI=1S/C20H22ClN3O3/c1-23-10-11-24-15(22-18(26)17(25)16(24)19(23)27)12-20(8-2-3-9-20)13-4-6-14(21)7-5-13/h4-7,25H,2-3,8-12H2,1H3. The summed E-state index contributed by atoms with van der Waals surface area (Å²) in [4.78, 5) is 30.5. The number of benzene rings is 1. The fraction of sp³-hybridized carbons (Fsp3) is 0.450. The van der Waals surface area contributed by atoms with Gasteiger partial charge < -0.3 is 14.6 Å². The normalized spacial score (nSPS) is 18.6. The molecular formula is C20H22ClN3O3. The summed E-state index contributed by atoms with van der Waals surface area (Å²) in [7, 11) is 1.67. The van der Waals surface area contributed by atoms with Crippen LogP contribution in [0.2, 0.25) is 5.02 Å². The molecule has 6 nitrogen and oxygen atoms in total. The Balaban J connectivity index is 1.82. The number of rotatable bonds is 3. The Kier molecular flexibility index (Phi) is 4.46. The van der Waals surface area contributed by atoms with E-state index in [2.05, 4.69) is 4.98 Å². The average Bonchev–Trinajstić information content (AvgIpc) is 3.12. The lowest BCUT2D eigenvalue weighted by Gasteiger charge is -2.33. The van der Waals surface area contributed by atoms with E-state index in [1.807, 2.05) is 24.3 Å². The average molecular weight is 388 g/mol. The van der Waals surface area contributed by atoms with Crippen LogP contribution in [0.4, 0.5) is 0 Å².